The Morgan fingerprint density at radius 2 is 1.96 bits per heavy atom. The number of benzene rings is 1. The lowest BCUT2D eigenvalue weighted by atomic mass is 10.3. The second kappa shape index (κ2) is 7.32. The van der Waals surface area contributed by atoms with Crippen LogP contribution >= 0.6 is 12.2 Å². The normalized spacial score (nSPS) is 10.5. The summed E-state index contributed by atoms with van der Waals surface area (Å²) >= 11 is 5.00. The van der Waals surface area contributed by atoms with E-state index < -0.39 is 10.8 Å². The van der Waals surface area contributed by atoms with E-state index in [9.17, 15) is 14.9 Å². The molecule has 1 heterocycles. The molecule has 0 aliphatic heterocycles. The zero-order chi connectivity index (χ0) is 16.8. The fraction of sp³-hybridized carbons (Fsp3) is 0.0667. The van der Waals surface area contributed by atoms with Crippen molar-refractivity contribution >= 4 is 40.7 Å². The number of anilines is 1. The van der Waals surface area contributed by atoms with Crippen LogP contribution in [-0.2, 0) is 4.79 Å². The van der Waals surface area contributed by atoms with Gasteiger partial charge in [0.25, 0.3) is 5.69 Å². The lowest BCUT2D eigenvalue weighted by Gasteiger charge is -2.07. The highest BCUT2D eigenvalue weighted by molar-refractivity contribution is 7.80. The van der Waals surface area contributed by atoms with Crippen molar-refractivity contribution in [1.29, 1.82) is 0 Å². The number of carbonyl (C=O) groups is 1. The van der Waals surface area contributed by atoms with Crippen molar-refractivity contribution in [2.75, 3.05) is 5.32 Å². The number of aryl methyl sites for hydroxylation is 1. The standard InChI is InChI=1S/C15H13N3O4S/c1-10-2-7-13(22-10)8-9-14(19)17-15(23)16-11-3-5-12(6-4-11)18(20)21/h2-9H,1H3,(H2,16,17,19,23). The van der Waals surface area contributed by atoms with Crippen LogP contribution in [0.1, 0.15) is 11.5 Å². The largest absolute Gasteiger partial charge is 0.462 e. The van der Waals surface area contributed by atoms with E-state index in [0.29, 0.717) is 11.4 Å². The maximum atomic E-state index is 11.7. The molecule has 2 N–H and O–H groups in total. The minimum absolute atomic E-state index is 0.0258. The molecule has 2 rings (SSSR count). The summed E-state index contributed by atoms with van der Waals surface area (Å²) in [5, 5.41) is 15.9. The summed E-state index contributed by atoms with van der Waals surface area (Å²) in [5.74, 6) is 0.894. The van der Waals surface area contributed by atoms with Gasteiger partial charge in [-0.05, 0) is 49.5 Å². The van der Waals surface area contributed by atoms with Crippen LogP contribution in [0.2, 0.25) is 0 Å². The molecule has 0 aliphatic rings. The number of hydrogen-bond acceptors (Lipinski definition) is 5. The van der Waals surface area contributed by atoms with Gasteiger partial charge in [-0.2, -0.15) is 0 Å². The molecule has 0 bridgehead atoms. The molecule has 118 valence electrons. The summed E-state index contributed by atoms with van der Waals surface area (Å²) in [4.78, 5) is 21.8. The van der Waals surface area contributed by atoms with Crippen LogP contribution in [-0.4, -0.2) is 15.9 Å². The second-order valence-electron chi connectivity index (χ2n) is 4.53. The van der Waals surface area contributed by atoms with E-state index >= 15 is 0 Å². The minimum Gasteiger partial charge on any atom is -0.462 e. The van der Waals surface area contributed by atoms with Crippen molar-refractivity contribution in [3.8, 4) is 0 Å². The van der Waals surface area contributed by atoms with Gasteiger partial charge in [0.1, 0.15) is 11.5 Å². The first kappa shape index (κ1) is 16.4. The van der Waals surface area contributed by atoms with Crippen LogP contribution in [0.25, 0.3) is 6.08 Å². The van der Waals surface area contributed by atoms with Crippen LogP contribution in [0.5, 0.6) is 0 Å². The smallest absolute Gasteiger partial charge is 0.269 e. The number of rotatable bonds is 4. The van der Waals surface area contributed by atoms with Crippen LogP contribution < -0.4 is 10.6 Å². The Balaban J connectivity index is 1.87. The molecule has 0 saturated heterocycles. The fourth-order valence-electron chi connectivity index (χ4n) is 1.68. The van der Waals surface area contributed by atoms with Gasteiger partial charge < -0.3 is 9.73 Å². The third-order valence-electron chi connectivity index (χ3n) is 2.73. The molecule has 1 amide bonds. The maximum absolute atomic E-state index is 11.7. The number of thiocarbonyl (C=S) groups is 1. The van der Waals surface area contributed by atoms with Gasteiger partial charge >= 0.3 is 0 Å². The number of amides is 1. The maximum Gasteiger partial charge on any atom is 0.269 e. The molecule has 7 nitrogen and oxygen atoms in total. The molecule has 0 unspecified atom stereocenters. The van der Waals surface area contributed by atoms with Crippen LogP contribution in [0.4, 0.5) is 11.4 Å². The summed E-state index contributed by atoms with van der Waals surface area (Å²) < 4.78 is 5.29. The van der Waals surface area contributed by atoms with E-state index in [1.165, 1.54) is 36.4 Å². The van der Waals surface area contributed by atoms with E-state index in [2.05, 4.69) is 10.6 Å². The van der Waals surface area contributed by atoms with Crippen LogP contribution in [0.15, 0.2) is 46.9 Å². The van der Waals surface area contributed by atoms with E-state index in [-0.39, 0.29) is 10.8 Å². The summed E-state index contributed by atoms with van der Waals surface area (Å²) in [5.41, 5.74) is 0.508. The molecule has 1 aromatic carbocycles. The monoisotopic (exact) mass is 331 g/mol. The summed E-state index contributed by atoms with van der Waals surface area (Å²) in [7, 11) is 0. The first-order valence-corrected chi connectivity index (χ1v) is 6.96. The number of furan rings is 1. The van der Waals surface area contributed by atoms with E-state index in [4.69, 9.17) is 16.6 Å². The number of nitro groups is 1. The number of nitro benzene ring substituents is 1. The number of carbonyl (C=O) groups excluding carboxylic acids is 1. The second-order valence-corrected chi connectivity index (χ2v) is 4.94. The minimum atomic E-state index is -0.495. The molecule has 0 spiro atoms. The first-order chi connectivity index (χ1) is 10.9. The first-order valence-electron chi connectivity index (χ1n) is 6.55. The predicted molar refractivity (Wildman–Crippen MR) is 89.9 cm³/mol. The van der Waals surface area contributed by atoms with E-state index in [0.717, 1.165) is 5.76 Å². The van der Waals surface area contributed by atoms with Crippen molar-refractivity contribution in [2.45, 2.75) is 6.92 Å². The zero-order valence-corrected chi connectivity index (χ0v) is 12.9. The van der Waals surface area contributed by atoms with Crippen molar-refractivity contribution in [3.63, 3.8) is 0 Å². The highest BCUT2D eigenvalue weighted by Crippen LogP contribution is 2.15. The molecule has 23 heavy (non-hydrogen) atoms. The molecule has 2 aromatic rings. The van der Waals surface area contributed by atoms with Gasteiger partial charge in [0.05, 0.1) is 4.92 Å². The van der Waals surface area contributed by atoms with E-state index in [1.54, 1.807) is 19.1 Å². The molecule has 0 aliphatic carbocycles. The molecule has 1 aromatic heterocycles. The Bertz CT molecular complexity index is 765. The Morgan fingerprint density at radius 3 is 2.52 bits per heavy atom. The summed E-state index contributed by atoms with van der Waals surface area (Å²) in [6, 6.07) is 9.21. The Kier molecular flexibility index (Phi) is 5.21. The van der Waals surface area contributed by atoms with Crippen LogP contribution in [0.3, 0.4) is 0 Å². The lowest BCUT2D eigenvalue weighted by Crippen LogP contribution is -2.32. The highest BCUT2D eigenvalue weighted by Gasteiger charge is 2.06. The highest BCUT2D eigenvalue weighted by atomic mass is 32.1. The van der Waals surface area contributed by atoms with Gasteiger partial charge in [0.2, 0.25) is 5.91 Å². The lowest BCUT2D eigenvalue weighted by molar-refractivity contribution is -0.384. The molecule has 0 atom stereocenters. The van der Waals surface area contributed by atoms with Gasteiger partial charge in [0.15, 0.2) is 5.11 Å². The topological polar surface area (TPSA) is 97.4 Å². The molecule has 8 heteroatoms. The van der Waals surface area contributed by atoms with Crippen molar-refractivity contribution in [3.05, 3.63) is 64.1 Å². The third-order valence-corrected chi connectivity index (χ3v) is 2.94. The average Bonchev–Trinajstić information content (AvgIpc) is 2.91. The quantitative estimate of drug-likeness (QED) is 0.387. The van der Waals surface area contributed by atoms with Crippen LogP contribution in [0, 0.1) is 17.0 Å². The molecule has 0 radical (unpaired) electrons. The summed E-state index contributed by atoms with van der Waals surface area (Å²) in [6.07, 6.45) is 2.82. The SMILES string of the molecule is Cc1ccc(C=CC(=O)NC(=S)Nc2ccc([N+](=O)[O-])cc2)o1. The number of nitrogens with one attached hydrogen (secondary N) is 2. The number of nitrogens with zero attached hydrogens (tertiary/aromatic N) is 1. The van der Waals surface area contributed by atoms with Crippen molar-refractivity contribution in [2.24, 2.45) is 0 Å². The van der Waals surface area contributed by atoms with Gasteiger partial charge in [0, 0.05) is 23.9 Å². The van der Waals surface area contributed by atoms with E-state index in [1.807, 2.05) is 0 Å². The predicted octanol–water partition coefficient (Wildman–Crippen LogP) is 3.02. The molecule has 0 saturated carbocycles. The Morgan fingerprint density at radius 1 is 1.26 bits per heavy atom. The summed E-state index contributed by atoms with van der Waals surface area (Å²) in [6.45, 7) is 1.81. The van der Waals surface area contributed by atoms with Gasteiger partial charge in [-0.15, -0.1) is 0 Å². The van der Waals surface area contributed by atoms with Crippen molar-refractivity contribution < 1.29 is 14.1 Å². The number of non-ortho nitro benzene ring substituents is 1. The molecular weight excluding hydrogens is 318 g/mol. The third kappa shape index (κ3) is 5.04. The molecular formula is C15H13N3O4S. The zero-order valence-electron chi connectivity index (χ0n) is 12.1. The Labute approximate surface area is 137 Å². The van der Waals surface area contributed by atoms with Gasteiger partial charge in [-0.3, -0.25) is 20.2 Å². The van der Waals surface area contributed by atoms with Gasteiger partial charge in [-0.25, -0.2) is 0 Å². The fourth-order valence-corrected chi connectivity index (χ4v) is 1.90. The molecule has 0 fully saturated rings. The number of hydrogen-bond donors (Lipinski definition) is 2. The van der Waals surface area contributed by atoms with Gasteiger partial charge in [-0.1, -0.05) is 0 Å². The average molecular weight is 331 g/mol. The van der Waals surface area contributed by atoms with Crippen molar-refractivity contribution in [1.82, 2.24) is 5.32 Å². The Hall–Kier alpha value is -3.00.